The molecule has 2 unspecified atom stereocenters. The summed E-state index contributed by atoms with van der Waals surface area (Å²) in [6, 6.07) is 8.57. The highest BCUT2D eigenvalue weighted by atomic mass is 32.2. The van der Waals surface area contributed by atoms with E-state index >= 15 is 0 Å². The molecular formula is C16H24O2SSi. The highest BCUT2D eigenvalue weighted by Gasteiger charge is 2.48. The van der Waals surface area contributed by atoms with Crippen molar-refractivity contribution in [2.24, 2.45) is 0 Å². The van der Waals surface area contributed by atoms with Crippen LogP contribution in [-0.4, -0.2) is 27.9 Å². The molecule has 110 valence electrons. The standard InChI is InChI=1S/C16H24O2SSi/c1-20(2,3)15-8-4-12(5-9-15)16(17)10-13-6-7-14(11-16)19(13)18/h4-5,8-9,13-14,17H,6-7,10-11H2,1-3H3. The van der Waals surface area contributed by atoms with Crippen LogP contribution in [0.25, 0.3) is 0 Å². The number of benzene rings is 1. The van der Waals surface area contributed by atoms with Crippen LogP contribution in [0.3, 0.4) is 0 Å². The van der Waals surface area contributed by atoms with Gasteiger partial charge < -0.3 is 5.11 Å². The van der Waals surface area contributed by atoms with Gasteiger partial charge in [0, 0.05) is 21.3 Å². The summed E-state index contributed by atoms with van der Waals surface area (Å²) in [7, 11) is -2.00. The molecule has 2 atom stereocenters. The largest absolute Gasteiger partial charge is 0.385 e. The van der Waals surface area contributed by atoms with E-state index in [0.29, 0.717) is 12.8 Å². The molecule has 2 fully saturated rings. The summed E-state index contributed by atoms with van der Waals surface area (Å²) in [5.74, 6) is 0. The fourth-order valence-electron chi connectivity index (χ4n) is 3.60. The number of aliphatic hydroxyl groups is 1. The van der Waals surface area contributed by atoms with Gasteiger partial charge in [-0.05, 0) is 31.2 Å². The second-order valence-electron chi connectivity index (χ2n) is 7.42. The summed E-state index contributed by atoms with van der Waals surface area (Å²) in [5, 5.41) is 12.8. The zero-order chi connectivity index (χ0) is 14.5. The molecule has 3 rings (SSSR count). The van der Waals surface area contributed by atoms with Crippen LogP contribution in [0.2, 0.25) is 19.6 Å². The van der Waals surface area contributed by atoms with Crippen LogP contribution < -0.4 is 5.19 Å². The van der Waals surface area contributed by atoms with Crippen LogP contribution in [0, 0.1) is 0 Å². The Balaban J connectivity index is 1.88. The molecular weight excluding hydrogens is 284 g/mol. The summed E-state index contributed by atoms with van der Waals surface area (Å²) in [6.07, 6.45) is 3.38. The van der Waals surface area contributed by atoms with E-state index in [9.17, 15) is 9.32 Å². The Morgan fingerprint density at radius 1 is 1.10 bits per heavy atom. The monoisotopic (exact) mass is 308 g/mol. The van der Waals surface area contributed by atoms with E-state index in [2.05, 4.69) is 43.9 Å². The summed E-state index contributed by atoms with van der Waals surface area (Å²) < 4.78 is 12.1. The molecule has 0 amide bonds. The topological polar surface area (TPSA) is 37.3 Å². The van der Waals surface area contributed by atoms with Crippen LogP contribution >= 0.6 is 0 Å². The number of fused-ring (bicyclic) bond motifs is 2. The maximum Gasteiger partial charge on any atom is 0.0919 e. The molecule has 0 radical (unpaired) electrons. The zero-order valence-corrected chi connectivity index (χ0v) is 14.4. The molecule has 2 bridgehead atoms. The first kappa shape index (κ1) is 14.5. The van der Waals surface area contributed by atoms with E-state index in [1.54, 1.807) is 0 Å². The molecule has 0 aliphatic carbocycles. The minimum atomic E-state index is -1.29. The van der Waals surface area contributed by atoms with E-state index in [1.165, 1.54) is 5.19 Å². The molecule has 1 aromatic rings. The van der Waals surface area contributed by atoms with Gasteiger partial charge in [-0.25, -0.2) is 0 Å². The van der Waals surface area contributed by atoms with Crippen molar-refractivity contribution in [3.63, 3.8) is 0 Å². The van der Waals surface area contributed by atoms with Crippen molar-refractivity contribution in [2.75, 3.05) is 0 Å². The Labute approximate surface area is 125 Å². The third kappa shape index (κ3) is 2.42. The molecule has 0 spiro atoms. The maximum atomic E-state index is 12.1. The van der Waals surface area contributed by atoms with Crippen LogP contribution in [-0.2, 0) is 16.4 Å². The summed E-state index contributed by atoms with van der Waals surface area (Å²) in [5.41, 5.74) is 0.269. The smallest absolute Gasteiger partial charge is 0.0919 e. The number of hydrogen-bond donors (Lipinski definition) is 1. The highest BCUT2D eigenvalue weighted by molar-refractivity contribution is 7.86. The maximum absolute atomic E-state index is 12.1. The lowest BCUT2D eigenvalue weighted by atomic mass is 9.86. The molecule has 0 saturated carbocycles. The van der Waals surface area contributed by atoms with E-state index in [1.807, 2.05) is 0 Å². The Kier molecular flexibility index (Phi) is 3.46. The molecule has 2 aliphatic rings. The van der Waals surface area contributed by atoms with Crippen molar-refractivity contribution in [3.8, 4) is 0 Å². The van der Waals surface area contributed by atoms with Gasteiger partial charge in [0.1, 0.15) is 0 Å². The molecule has 0 aromatic heterocycles. The quantitative estimate of drug-likeness (QED) is 0.852. The van der Waals surface area contributed by atoms with Gasteiger partial charge in [0.25, 0.3) is 0 Å². The second kappa shape index (κ2) is 4.78. The lowest BCUT2D eigenvalue weighted by Crippen LogP contribution is -2.41. The molecule has 2 nitrogen and oxygen atoms in total. The predicted octanol–water partition coefficient (Wildman–Crippen LogP) is 2.49. The first-order valence-corrected chi connectivity index (χ1v) is 12.3. The summed E-state index contributed by atoms with van der Waals surface area (Å²) in [6.45, 7) is 7.00. The normalized spacial score (nSPS) is 37.1. The average molecular weight is 309 g/mol. The van der Waals surface area contributed by atoms with Crippen LogP contribution in [0.15, 0.2) is 24.3 Å². The number of hydrogen-bond acceptors (Lipinski definition) is 2. The second-order valence-corrected chi connectivity index (χ2v) is 14.5. The van der Waals surface area contributed by atoms with E-state index in [-0.39, 0.29) is 10.5 Å². The average Bonchev–Trinajstić information content (AvgIpc) is 2.62. The minimum absolute atomic E-state index is 0.204. The van der Waals surface area contributed by atoms with E-state index in [0.717, 1.165) is 18.4 Å². The first-order valence-electron chi connectivity index (χ1n) is 7.52. The van der Waals surface area contributed by atoms with Gasteiger partial charge in [0.05, 0.1) is 13.7 Å². The Bertz CT molecular complexity index is 516. The molecule has 2 aliphatic heterocycles. The first-order chi connectivity index (χ1) is 9.29. The minimum Gasteiger partial charge on any atom is -0.385 e. The molecule has 2 saturated heterocycles. The van der Waals surface area contributed by atoms with Gasteiger partial charge >= 0.3 is 0 Å². The fraction of sp³-hybridized carbons (Fsp3) is 0.625. The van der Waals surface area contributed by atoms with Crippen LogP contribution in [0.1, 0.15) is 31.2 Å². The van der Waals surface area contributed by atoms with Gasteiger partial charge in [-0.3, -0.25) is 4.21 Å². The van der Waals surface area contributed by atoms with Crippen molar-refractivity contribution in [3.05, 3.63) is 29.8 Å². The van der Waals surface area contributed by atoms with E-state index < -0.39 is 24.5 Å². The van der Waals surface area contributed by atoms with Gasteiger partial charge in [0.2, 0.25) is 0 Å². The molecule has 20 heavy (non-hydrogen) atoms. The van der Waals surface area contributed by atoms with Gasteiger partial charge in [-0.1, -0.05) is 49.1 Å². The van der Waals surface area contributed by atoms with Gasteiger partial charge in [-0.2, -0.15) is 0 Å². The van der Waals surface area contributed by atoms with Gasteiger partial charge in [-0.15, -0.1) is 0 Å². The Morgan fingerprint density at radius 3 is 2.05 bits per heavy atom. The zero-order valence-electron chi connectivity index (χ0n) is 12.6. The number of rotatable bonds is 2. The predicted molar refractivity (Wildman–Crippen MR) is 87.5 cm³/mol. The molecule has 1 N–H and O–H groups in total. The van der Waals surface area contributed by atoms with Crippen molar-refractivity contribution in [1.82, 2.24) is 0 Å². The lowest BCUT2D eigenvalue weighted by molar-refractivity contribution is 0.0185. The van der Waals surface area contributed by atoms with Crippen molar-refractivity contribution in [2.45, 2.75) is 61.4 Å². The molecule has 1 aromatic carbocycles. The van der Waals surface area contributed by atoms with Crippen molar-refractivity contribution >= 4 is 24.1 Å². The Hall–Kier alpha value is -0.453. The highest BCUT2D eigenvalue weighted by Crippen LogP contribution is 2.45. The van der Waals surface area contributed by atoms with Gasteiger partial charge in [0.15, 0.2) is 0 Å². The van der Waals surface area contributed by atoms with Crippen molar-refractivity contribution < 1.29 is 9.32 Å². The third-order valence-electron chi connectivity index (χ3n) is 4.89. The van der Waals surface area contributed by atoms with Crippen molar-refractivity contribution in [1.29, 1.82) is 0 Å². The van der Waals surface area contributed by atoms with E-state index in [4.69, 9.17) is 0 Å². The lowest BCUT2D eigenvalue weighted by Gasteiger charge is -2.36. The summed E-state index contributed by atoms with van der Waals surface area (Å²) >= 11 is 0. The molecule has 2 heterocycles. The van der Waals surface area contributed by atoms with Crippen LogP contribution in [0.4, 0.5) is 0 Å². The third-order valence-corrected chi connectivity index (χ3v) is 9.07. The Morgan fingerprint density at radius 2 is 1.60 bits per heavy atom. The SMILES string of the molecule is C[Si](C)(C)c1ccc(C2(O)CC3CCC(C2)S3=O)cc1. The van der Waals surface area contributed by atoms with Crippen LogP contribution in [0.5, 0.6) is 0 Å². The fourth-order valence-corrected chi connectivity index (χ4v) is 6.93. The molecule has 4 heteroatoms. The summed E-state index contributed by atoms with van der Waals surface area (Å²) in [4.78, 5) is 0.